The average Bonchev–Trinajstić information content (AvgIpc) is 3.44. The zero-order valence-electron chi connectivity index (χ0n) is 15.2. The number of fused-ring (bicyclic) bond motifs is 1. The Hall–Kier alpha value is -3.09. The molecule has 142 valence electrons. The van der Waals surface area contributed by atoms with Gasteiger partial charge in [-0.3, -0.25) is 9.78 Å². The Balaban J connectivity index is 1.56. The van der Waals surface area contributed by atoms with Crippen LogP contribution in [-0.2, 0) is 0 Å². The number of thiophene rings is 1. The number of rotatable bonds is 3. The maximum absolute atomic E-state index is 13.1. The third kappa shape index (κ3) is 3.41. The first-order chi connectivity index (χ1) is 14.2. The number of carbonyl (C=O) groups excluding carboxylic acids is 1. The van der Waals surface area contributed by atoms with Crippen molar-refractivity contribution in [3.8, 4) is 0 Å². The number of hydrazone groups is 1. The minimum atomic E-state index is -0.313. The van der Waals surface area contributed by atoms with Crippen LogP contribution in [0.2, 0.25) is 5.02 Å². The molecule has 1 amide bonds. The largest absolute Gasteiger partial charge is 0.284 e. The smallest absolute Gasteiger partial charge is 0.266 e. The van der Waals surface area contributed by atoms with E-state index in [2.05, 4.69) is 10.1 Å². The quantitative estimate of drug-likeness (QED) is 0.451. The fourth-order valence-corrected chi connectivity index (χ4v) is 4.17. The first-order valence-corrected chi connectivity index (χ1v) is 10.4. The number of carbonyl (C=O) groups is 1. The van der Waals surface area contributed by atoms with Crippen LogP contribution in [0.1, 0.15) is 33.4 Å². The van der Waals surface area contributed by atoms with Crippen molar-refractivity contribution in [3.05, 3.63) is 93.4 Å². The molecule has 5 rings (SSSR count). The highest BCUT2D eigenvalue weighted by atomic mass is 35.5. The average molecular weight is 419 g/mol. The molecule has 4 aromatic rings. The zero-order chi connectivity index (χ0) is 19.8. The van der Waals surface area contributed by atoms with Gasteiger partial charge in [0, 0.05) is 11.4 Å². The zero-order valence-corrected chi connectivity index (χ0v) is 16.8. The van der Waals surface area contributed by atoms with Gasteiger partial charge in [0.15, 0.2) is 0 Å². The van der Waals surface area contributed by atoms with Gasteiger partial charge in [0.25, 0.3) is 5.91 Å². The van der Waals surface area contributed by atoms with E-state index in [1.165, 1.54) is 16.3 Å². The van der Waals surface area contributed by atoms with Gasteiger partial charge in [-0.15, -0.1) is 11.3 Å². The molecular formula is C22H15ClN4OS. The van der Waals surface area contributed by atoms with E-state index in [1.807, 2.05) is 66.0 Å². The normalized spacial score (nSPS) is 16.2. The second kappa shape index (κ2) is 7.39. The number of halogens is 1. The van der Waals surface area contributed by atoms with E-state index < -0.39 is 0 Å². The molecule has 2 aromatic carbocycles. The van der Waals surface area contributed by atoms with Gasteiger partial charge in [0.1, 0.15) is 6.04 Å². The second-order valence-electron chi connectivity index (χ2n) is 6.68. The maximum atomic E-state index is 13.1. The first-order valence-electron chi connectivity index (χ1n) is 9.11. The summed E-state index contributed by atoms with van der Waals surface area (Å²) in [5, 5.41) is 8.76. The second-order valence-corrected chi connectivity index (χ2v) is 8.07. The van der Waals surface area contributed by atoms with Gasteiger partial charge in [0.2, 0.25) is 0 Å². The summed E-state index contributed by atoms with van der Waals surface area (Å²) in [6.45, 7) is 0. The highest BCUT2D eigenvalue weighted by Gasteiger charge is 2.35. The summed E-state index contributed by atoms with van der Waals surface area (Å²) in [5.74, 6) is -0.135. The van der Waals surface area contributed by atoms with Crippen molar-refractivity contribution in [2.45, 2.75) is 12.5 Å². The topological polar surface area (TPSA) is 58.5 Å². The maximum Gasteiger partial charge on any atom is 0.284 e. The lowest BCUT2D eigenvalue weighted by molar-refractivity contribution is 0.0713. The van der Waals surface area contributed by atoms with Crippen LogP contribution in [0.3, 0.4) is 0 Å². The third-order valence-electron chi connectivity index (χ3n) is 4.84. The molecule has 1 unspecified atom stereocenters. The molecule has 0 radical (unpaired) electrons. The molecule has 0 N–H and O–H groups in total. The summed E-state index contributed by atoms with van der Waals surface area (Å²) >= 11 is 7.43. The molecule has 1 aliphatic rings. The van der Waals surface area contributed by atoms with Crippen molar-refractivity contribution in [2.24, 2.45) is 5.10 Å². The fraction of sp³-hybridized carbons (Fsp3) is 0.0909. The van der Waals surface area contributed by atoms with Crippen molar-refractivity contribution in [3.63, 3.8) is 0 Å². The number of para-hydroxylation sites is 2. The number of benzene rings is 2. The van der Waals surface area contributed by atoms with Crippen LogP contribution in [0.25, 0.3) is 11.0 Å². The molecule has 1 aliphatic heterocycles. The highest BCUT2D eigenvalue weighted by molar-refractivity contribution is 7.12. The van der Waals surface area contributed by atoms with E-state index in [4.69, 9.17) is 16.6 Å². The summed E-state index contributed by atoms with van der Waals surface area (Å²) in [7, 11) is 0. The number of nitrogens with zero attached hydrogens (tertiary/aromatic N) is 4. The minimum absolute atomic E-state index is 0.135. The van der Waals surface area contributed by atoms with Gasteiger partial charge in [-0.1, -0.05) is 41.9 Å². The van der Waals surface area contributed by atoms with Crippen LogP contribution in [0, 0.1) is 0 Å². The van der Waals surface area contributed by atoms with E-state index in [0.29, 0.717) is 16.3 Å². The van der Waals surface area contributed by atoms with Gasteiger partial charge < -0.3 is 0 Å². The summed E-state index contributed by atoms with van der Waals surface area (Å²) in [6.07, 6.45) is 2.30. The van der Waals surface area contributed by atoms with Crippen molar-refractivity contribution >= 4 is 45.6 Å². The molecule has 1 atom stereocenters. The van der Waals surface area contributed by atoms with Gasteiger partial charge in [-0.25, -0.2) is 9.99 Å². The summed E-state index contributed by atoms with van der Waals surface area (Å²) in [4.78, 5) is 23.1. The van der Waals surface area contributed by atoms with Gasteiger partial charge in [0.05, 0.1) is 33.5 Å². The lowest BCUT2D eigenvalue weighted by atomic mass is 10.0. The number of hydrogen-bond acceptors (Lipinski definition) is 5. The standard InChI is InChI=1S/C22H15ClN4OS/c23-15-9-7-14(8-10-15)18-12-20(27(26-18)22(28)21-6-3-11-29-21)19-13-24-16-4-1-2-5-17(16)25-19/h1-11,13,20H,12H2. The number of aromatic nitrogens is 2. The molecular weight excluding hydrogens is 404 g/mol. The molecule has 5 nitrogen and oxygen atoms in total. The molecule has 0 saturated carbocycles. The summed E-state index contributed by atoms with van der Waals surface area (Å²) < 4.78 is 0. The predicted octanol–water partition coefficient (Wildman–Crippen LogP) is 5.34. The van der Waals surface area contributed by atoms with Crippen molar-refractivity contribution < 1.29 is 4.79 Å². The van der Waals surface area contributed by atoms with Crippen LogP contribution in [-0.4, -0.2) is 26.6 Å². The van der Waals surface area contributed by atoms with Gasteiger partial charge in [-0.2, -0.15) is 5.10 Å². The molecule has 0 saturated heterocycles. The molecule has 3 heterocycles. The third-order valence-corrected chi connectivity index (χ3v) is 5.95. The van der Waals surface area contributed by atoms with Crippen molar-refractivity contribution in [1.82, 2.24) is 15.0 Å². The monoisotopic (exact) mass is 418 g/mol. The van der Waals surface area contributed by atoms with Crippen LogP contribution >= 0.6 is 22.9 Å². The summed E-state index contributed by atoms with van der Waals surface area (Å²) in [6, 6.07) is 18.6. The van der Waals surface area contributed by atoms with Gasteiger partial charge >= 0.3 is 0 Å². The van der Waals surface area contributed by atoms with E-state index in [-0.39, 0.29) is 11.9 Å². The Morgan fingerprint density at radius 2 is 1.83 bits per heavy atom. The van der Waals surface area contributed by atoms with E-state index in [0.717, 1.165) is 28.0 Å². The highest BCUT2D eigenvalue weighted by Crippen LogP contribution is 2.34. The predicted molar refractivity (Wildman–Crippen MR) is 115 cm³/mol. The number of hydrogen-bond donors (Lipinski definition) is 0. The Morgan fingerprint density at radius 1 is 1.03 bits per heavy atom. The molecule has 0 spiro atoms. The molecule has 7 heteroatoms. The van der Waals surface area contributed by atoms with E-state index >= 15 is 0 Å². The molecule has 0 aliphatic carbocycles. The molecule has 2 aromatic heterocycles. The van der Waals surface area contributed by atoms with Crippen molar-refractivity contribution in [2.75, 3.05) is 0 Å². The Bertz CT molecular complexity index is 1220. The van der Waals surface area contributed by atoms with Crippen LogP contribution in [0.5, 0.6) is 0 Å². The molecule has 0 fully saturated rings. The Labute approximate surface area is 176 Å². The fourth-order valence-electron chi connectivity index (χ4n) is 3.39. The first kappa shape index (κ1) is 18.0. The van der Waals surface area contributed by atoms with Crippen molar-refractivity contribution in [1.29, 1.82) is 0 Å². The lowest BCUT2D eigenvalue weighted by Crippen LogP contribution is -2.27. The van der Waals surface area contributed by atoms with E-state index in [1.54, 1.807) is 6.20 Å². The summed E-state index contributed by atoms with van der Waals surface area (Å²) in [5.41, 5.74) is 4.11. The molecule has 0 bridgehead atoms. The molecule has 29 heavy (non-hydrogen) atoms. The van der Waals surface area contributed by atoms with E-state index in [9.17, 15) is 4.79 Å². The van der Waals surface area contributed by atoms with Crippen LogP contribution in [0.15, 0.2) is 77.3 Å². The minimum Gasteiger partial charge on any atom is -0.266 e. The SMILES string of the molecule is O=C(c1cccs1)N1N=C(c2ccc(Cl)cc2)CC1c1cnc2ccccc2n1. The van der Waals surface area contributed by atoms with Crippen LogP contribution < -0.4 is 0 Å². The van der Waals surface area contributed by atoms with Crippen LogP contribution in [0.4, 0.5) is 0 Å². The lowest BCUT2D eigenvalue weighted by Gasteiger charge is -2.20. The Kier molecular flexibility index (Phi) is 4.58. The number of amides is 1. The Morgan fingerprint density at radius 3 is 2.59 bits per heavy atom. The van der Waals surface area contributed by atoms with Gasteiger partial charge in [-0.05, 0) is 41.3 Å².